The number of amides is 3. The Bertz CT molecular complexity index is 866. The van der Waals surface area contributed by atoms with Gasteiger partial charge in [0.05, 0.1) is 23.9 Å². The molecular formula is C18H15FN2O4. The standard InChI is InChI=1S/C18H15FN2O4/c1-25-14-8-3-2-7-13(14)20-15(22)9-10-21-17(23)11-5-4-6-12(19)16(11)18(21)24/h2-8H,9-10H2,1H3,(H,20,22). The number of carbonyl (C=O) groups is 3. The fourth-order valence-corrected chi connectivity index (χ4v) is 2.67. The fraction of sp³-hybridized carbons (Fsp3) is 0.167. The molecule has 6 nitrogen and oxygen atoms in total. The molecule has 2 aromatic carbocycles. The van der Waals surface area contributed by atoms with Gasteiger partial charge in [0.2, 0.25) is 5.91 Å². The molecule has 128 valence electrons. The highest BCUT2D eigenvalue weighted by molar-refractivity contribution is 6.21. The molecule has 3 amide bonds. The Kier molecular flexibility index (Phi) is 4.47. The van der Waals surface area contributed by atoms with Crippen molar-refractivity contribution in [1.82, 2.24) is 4.90 Å². The van der Waals surface area contributed by atoms with Crippen LogP contribution < -0.4 is 10.1 Å². The van der Waals surface area contributed by atoms with E-state index in [-0.39, 0.29) is 30.0 Å². The van der Waals surface area contributed by atoms with Crippen LogP contribution in [0.25, 0.3) is 0 Å². The van der Waals surface area contributed by atoms with E-state index in [9.17, 15) is 18.8 Å². The summed E-state index contributed by atoms with van der Waals surface area (Å²) in [5.74, 6) is -1.94. The first kappa shape index (κ1) is 16.6. The van der Waals surface area contributed by atoms with Gasteiger partial charge in [-0.2, -0.15) is 0 Å². The zero-order valence-corrected chi connectivity index (χ0v) is 13.4. The molecule has 0 aromatic heterocycles. The number of hydrogen-bond acceptors (Lipinski definition) is 4. The van der Waals surface area contributed by atoms with Crippen LogP contribution in [0, 0.1) is 5.82 Å². The second kappa shape index (κ2) is 6.72. The first-order valence-electron chi connectivity index (χ1n) is 7.60. The minimum Gasteiger partial charge on any atom is -0.495 e. The quantitative estimate of drug-likeness (QED) is 0.847. The molecule has 0 unspecified atom stereocenters. The number of fused-ring (bicyclic) bond motifs is 1. The molecule has 0 fully saturated rings. The van der Waals surface area contributed by atoms with Gasteiger partial charge in [-0.1, -0.05) is 18.2 Å². The Morgan fingerprint density at radius 3 is 2.60 bits per heavy atom. The molecule has 2 aromatic rings. The van der Waals surface area contributed by atoms with Gasteiger partial charge in [-0.3, -0.25) is 19.3 Å². The Hall–Kier alpha value is -3.22. The zero-order chi connectivity index (χ0) is 18.0. The number of benzene rings is 2. The molecule has 0 saturated carbocycles. The number of para-hydroxylation sites is 2. The van der Waals surface area contributed by atoms with Crippen molar-refractivity contribution in [2.75, 3.05) is 19.0 Å². The lowest BCUT2D eigenvalue weighted by molar-refractivity contribution is -0.116. The van der Waals surface area contributed by atoms with Crippen molar-refractivity contribution in [3.05, 3.63) is 59.4 Å². The third-order valence-corrected chi connectivity index (χ3v) is 3.89. The molecule has 0 saturated heterocycles. The van der Waals surface area contributed by atoms with E-state index in [1.54, 1.807) is 24.3 Å². The molecule has 0 aliphatic carbocycles. The van der Waals surface area contributed by atoms with Crippen molar-refractivity contribution in [2.45, 2.75) is 6.42 Å². The average molecular weight is 342 g/mol. The number of nitrogens with zero attached hydrogens (tertiary/aromatic N) is 1. The van der Waals surface area contributed by atoms with Crippen molar-refractivity contribution in [3.63, 3.8) is 0 Å². The largest absolute Gasteiger partial charge is 0.495 e. The van der Waals surface area contributed by atoms with Gasteiger partial charge in [0.15, 0.2) is 0 Å². The maximum absolute atomic E-state index is 13.8. The van der Waals surface area contributed by atoms with E-state index in [4.69, 9.17) is 4.74 Å². The van der Waals surface area contributed by atoms with Crippen molar-refractivity contribution in [3.8, 4) is 5.75 Å². The highest BCUT2D eigenvalue weighted by Gasteiger charge is 2.37. The minimum atomic E-state index is -0.739. The fourth-order valence-electron chi connectivity index (χ4n) is 2.67. The number of imide groups is 1. The molecule has 0 bridgehead atoms. The number of methoxy groups -OCH3 is 1. The van der Waals surface area contributed by atoms with Crippen molar-refractivity contribution < 1.29 is 23.5 Å². The topological polar surface area (TPSA) is 75.7 Å². The SMILES string of the molecule is COc1ccccc1NC(=O)CCN1C(=O)c2cccc(F)c2C1=O. The number of rotatable bonds is 5. The number of nitrogens with one attached hydrogen (secondary N) is 1. The maximum Gasteiger partial charge on any atom is 0.264 e. The molecule has 1 heterocycles. The normalized spacial score (nSPS) is 13.0. The lowest BCUT2D eigenvalue weighted by atomic mass is 10.1. The van der Waals surface area contributed by atoms with Crippen LogP contribution in [0.2, 0.25) is 0 Å². The molecule has 1 N–H and O–H groups in total. The van der Waals surface area contributed by atoms with Crippen molar-refractivity contribution in [1.29, 1.82) is 0 Å². The number of ether oxygens (including phenoxy) is 1. The molecule has 0 radical (unpaired) electrons. The van der Waals surface area contributed by atoms with E-state index < -0.39 is 17.6 Å². The van der Waals surface area contributed by atoms with Gasteiger partial charge >= 0.3 is 0 Å². The smallest absolute Gasteiger partial charge is 0.264 e. The Balaban J connectivity index is 1.66. The molecule has 0 spiro atoms. The van der Waals surface area contributed by atoms with Crippen LogP contribution in [0.1, 0.15) is 27.1 Å². The summed E-state index contributed by atoms with van der Waals surface area (Å²) >= 11 is 0. The summed E-state index contributed by atoms with van der Waals surface area (Å²) in [5, 5.41) is 2.66. The third kappa shape index (κ3) is 3.08. The highest BCUT2D eigenvalue weighted by Crippen LogP contribution is 2.26. The number of halogens is 1. The zero-order valence-electron chi connectivity index (χ0n) is 13.4. The average Bonchev–Trinajstić information content (AvgIpc) is 2.85. The van der Waals surface area contributed by atoms with Crippen LogP contribution >= 0.6 is 0 Å². The van der Waals surface area contributed by atoms with Crippen LogP contribution in [0.5, 0.6) is 5.75 Å². The van der Waals surface area contributed by atoms with E-state index in [0.29, 0.717) is 11.4 Å². The first-order valence-corrected chi connectivity index (χ1v) is 7.60. The van der Waals surface area contributed by atoms with Crippen molar-refractivity contribution in [2.24, 2.45) is 0 Å². The van der Waals surface area contributed by atoms with Gasteiger partial charge in [-0.05, 0) is 24.3 Å². The number of anilines is 1. The summed E-state index contributed by atoms with van der Waals surface area (Å²) in [6.07, 6.45) is -0.106. The van der Waals surface area contributed by atoms with E-state index >= 15 is 0 Å². The summed E-state index contributed by atoms with van der Waals surface area (Å²) in [6, 6.07) is 10.8. The molecule has 25 heavy (non-hydrogen) atoms. The number of hydrogen-bond donors (Lipinski definition) is 1. The Morgan fingerprint density at radius 1 is 1.12 bits per heavy atom. The lowest BCUT2D eigenvalue weighted by Crippen LogP contribution is -2.33. The summed E-state index contributed by atoms with van der Waals surface area (Å²) < 4.78 is 18.9. The van der Waals surface area contributed by atoms with Gasteiger partial charge in [0, 0.05) is 13.0 Å². The molecule has 1 aliphatic rings. The molecule has 0 atom stereocenters. The third-order valence-electron chi connectivity index (χ3n) is 3.89. The highest BCUT2D eigenvalue weighted by atomic mass is 19.1. The minimum absolute atomic E-state index is 0.0233. The van der Waals surface area contributed by atoms with Crippen LogP contribution in [0.3, 0.4) is 0 Å². The van der Waals surface area contributed by atoms with Crippen LogP contribution in [-0.2, 0) is 4.79 Å². The van der Waals surface area contributed by atoms with Gasteiger partial charge in [-0.25, -0.2) is 4.39 Å². The summed E-state index contributed by atoms with van der Waals surface area (Å²) in [5.41, 5.74) is 0.274. The molecule has 7 heteroatoms. The van der Waals surface area contributed by atoms with E-state index in [1.165, 1.54) is 19.2 Å². The predicted octanol–water partition coefficient (Wildman–Crippen LogP) is 2.46. The summed E-state index contributed by atoms with van der Waals surface area (Å²) in [4.78, 5) is 37.4. The molecule has 3 rings (SSSR count). The van der Waals surface area contributed by atoms with Crippen LogP contribution in [0.15, 0.2) is 42.5 Å². The monoisotopic (exact) mass is 342 g/mol. The van der Waals surface area contributed by atoms with E-state index in [1.807, 2.05) is 0 Å². The maximum atomic E-state index is 13.8. The second-order valence-electron chi connectivity index (χ2n) is 5.42. The van der Waals surface area contributed by atoms with Crippen molar-refractivity contribution >= 4 is 23.4 Å². The summed E-state index contributed by atoms with van der Waals surface area (Å²) in [7, 11) is 1.48. The van der Waals surface area contributed by atoms with E-state index in [0.717, 1.165) is 11.0 Å². The Morgan fingerprint density at radius 2 is 1.88 bits per heavy atom. The van der Waals surface area contributed by atoms with E-state index in [2.05, 4.69) is 5.32 Å². The van der Waals surface area contributed by atoms with Crippen LogP contribution in [-0.4, -0.2) is 36.3 Å². The van der Waals surface area contributed by atoms with Crippen LogP contribution in [0.4, 0.5) is 10.1 Å². The second-order valence-corrected chi connectivity index (χ2v) is 5.42. The lowest BCUT2D eigenvalue weighted by Gasteiger charge is -2.14. The first-order chi connectivity index (χ1) is 12.0. The number of carbonyl (C=O) groups excluding carboxylic acids is 3. The molecular weight excluding hydrogens is 327 g/mol. The van der Waals surface area contributed by atoms with Gasteiger partial charge in [-0.15, -0.1) is 0 Å². The van der Waals surface area contributed by atoms with Gasteiger partial charge < -0.3 is 10.1 Å². The van der Waals surface area contributed by atoms with Gasteiger partial charge in [0.25, 0.3) is 11.8 Å². The summed E-state index contributed by atoms with van der Waals surface area (Å²) in [6.45, 7) is -0.132. The van der Waals surface area contributed by atoms with Gasteiger partial charge in [0.1, 0.15) is 11.6 Å². The molecule has 1 aliphatic heterocycles. The Labute approximate surface area is 143 Å². The predicted molar refractivity (Wildman–Crippen MR) is 88.0 cm³/mol.